The highest BCUT2D eigenvalue weighted by Crippen LogP contribution is 2.29. The fourth-order valence-electron chi connectivity index (χ4n) is 2.27. The SMILES string of the molecule is Cc1sc(-c2ccco2)nc1C(=O)N1CCOC[C@@H]1C. The van der Waals surface area contributed by atoms with Crippen LogP contribution in [0.2, 0.25) is 0 Å². The van der Waals surface area contributed by atoms with Crippen LogP contribution in [0.1, 0.15) is 22.3 Å². The van der Waals surface area contributed by atoms with Gasteiger partial charge in [-0.05, 0) is 26.0 Å². The van der Waals surface area contributed by atoms with Crippen molar-refractivity contribution >= 4 is 17.2 Å². The summed E-state index contributed by atoms with van der Waals surface area (Å²) in [6.45, 7) is 5.70. The van der Waals surface area contributed by atoms with Crippen LogP contribution in [0.4, 0.5) is 0 Å². The fourth-order valence-corrected chi connectivity index (χ4v) is 3.14. The topological polar surface area (TPSA) is 55.6 Å². The molecule has 1 amide bonds. The molecule has 0 spiro atoms. The largest absolute Gasteiger partial charge is 0.462 e. The molecule has 1 aliphatic rings. The van der Waals surface area contributed by atoms with E-state index < -0.39 is 0 Å². The van der Waals surface area contributed by atoms with Gasteiger partial charge in [-0.2, -0.15) is 0 Å². The Labute approximate surface area is 121 Å². The highest BCUT2D eigenvalue weighted by molar-refractivity contribution is 7.15. The summed E-state index contributed by atoms with van der Waals surface area (Å²) in [5, 5.41) is 0.747. The van der Waals surface area contributed by atoms with E-state index in [9.17, 15) is 4.79 Å². The van der Waals surface area contributed by atoms with Crippen molar-refractivity contribution < 1.29 is 13.9 Å². The Kier molecular flexibility index (Phi) is 3.58. The highest BCUT2D eigenvalue weighted by Gasteiger charge is 2.28. The molecule has 0 unspecified atom stereocenters. The van der Waals surface area contributed by atoms with Crippen LogP contribution in [0.5, 0.6) is 0 Å². The highest BCUT2D eigenvalue weighted by atomic mass is 32.1. The number of morpholine rings is 1. The zero-order valence-electron chi connectivity index (χ0n) is 11.5. The molecule has 0 aliphatic carbocycles. The molecule has 5 nitrogen and oxygen atoms in total. The molecule has 3 heterocycles. The lowest BCUT2D eigenvalue weighted by Crippen LogP contribution is -2.47. The lowest BCUT2D eigenvalue weighted by molar-refractivity contribution is 0.00328. The van der Waals surface area contributed by atoms with Crippen LogP contribution < -0.4 is 0 Å². The molecular weight excluding hydrogens is 276 g/mol. The molecule has 1 saturated heterocycles. The summed E-state index contributed by atoms with van der Waals surface area (Å²) in [6.07, 6.45) is 1.61. The van der Waals surface area contributed by atoms with Crippen LogP contribution in [-0.2, 0) is 4.74 Å². The number of aromatic nitrogens is 1. The first-order valence-corrected chi connectivity index (χ1v) is 7.38. The lowest BCUT2D eigenvalue weighted by Gasteiger charge is -2.32. The van der Waals surface area contributed by atoms with E-state index >= 15 is 0 Å². The van der Waals surface area contributed by atoms with E-state index in [-0.39, 0.29) is 11.9 Å². The van der Waals surface area contributed by atoms with Crippen molar-refractivity contribution in [2.75, 3.05) is 19.8 Å². The normalized spacial score (nSPS) is 19.3. The van der Waals surface area contributed by atoms with Gasteiger partial charge in [0.15, 0.2) is 10.8 Å². The molecule has 0 saturated carbocycles. The number of nitrogens with zero attached hydrogens (tertiary/aromatic N) is 2. The molecule has 1 fully saturated rings. The number of hydrogen-bond acceptors (Lipinski definition) is 5. The number of carbonyl (C=O) groups is 1. The summed E-state index contributed by atoms with van der Waals surface area (Å²) in [5.41, 5.74) is 0.523. The molecule has 2 aromatic heterocycles. The van der Waals surface area contributed by atoms with Crippen molar-refractivity contribution in [3.8, 4) is 10.8 Å². The van der Waals surface area contributed by atoms with E-state index in [1.807, 2.05) is 30.9 Å². The number of rotatable bonds is 2. The number of thiazole rings is 1. The van der Waals surface area contributed by atoms with Gasteiger partial charge in [0.2, 0.25) is 0 Å². The molecule has 0 N–H and O–H groups in total. The zero-order valence-corrected chi connectivity index (χ0v) is 12.3. The number of aryl methyl sites for hydroxylation is 1. The fraction of sp³-hybridized carbons (Fsp3) is 0.429. The first-order valence-electron chi connectivity index (χ1n) is 6.57. The molecule has 6 heteroatoms. The van der Waals surface area contributed by atoms with Gasteiger partial charge in [0, 0.05) is 11.4 Å². The quantitative estimate of drug-likeness (QED) is 0.853. The third kappa shape index (κ3) is 2.36. The predicted molar refractivity (Wildman–Crippen MR) is 75.9 cm³/mol. The maximum atomic E-state index is 12.6. The van der Waals surface area contributed by atoms with E-state index in [1.165, 1.54) is 11.3 Å². The van der Waals surface area contributed by atoms with E-state index in [4.69, 9.17) is 9.15 Å². The van der Waals surface area contributed by atoms with Crippen molar-refractivity contribution in [3.05, 3.63) is 29.0 Å². The standard InChI is InChI=1S/C14H16N2O3S/c1-9-8-18-7-5-16(9)14(17)12-10(2)20-13(15-12)11-4-3-6-19-11/h3-4,6,9H,5,7-8H2,1-2H3/t9-/m0/s1. The average molecular weight is 292 g/mol. The Hall–Kier alpha value is -1.66. The predicted octanol–water partition coefficient (Wildman–Crippen LogP) is 2.57. The molecule has 0 bridgehead atoms. The Morgan fingerprint density at radius 3 is 3.10 bits per heavy atom. The molecule has 2 aromatic rings. The van der Waals surface area contributed by atoms with E-state index in [1.54, 1.807) is 6.26 Å². The third-order valence-corrected chi connectivity index (χ3v) is 4.34. The Morgan fingerprint density at radius 1 is 1.55 bits per heavy atom. The second-order valence-corrected chi connectivity index (χ2v) is 6.03. The van der Waals surface area contributed by atoms with Gasteiger partial charge >= 0.3 is 0 Å². The molecule has 1 aliphatic heterocycles. The van der Waals surface area contributed by atoms with Gasteiger partial charge in [-0.25, -0.2) is 4.98 Å². The third-order valence-electron chi connectivity index (χ3n) is 3.36. The van der Waals surface area contributed by atoms with Crippen LogP contribution in [0, 0.1) is 6.92 Å². The smallest absolute Gasteiger partial charge is 0.274 e. The molecule has 0 aromatic carbocycles. The first-order chi connectivity index (χ1) is 9.66. The molecule has 106 valence electrons. The summed E-state index contributed by atoms with van der Waals surface area (Å²) in [4.78, 5) is 19.8. The van der Waals surface area contributed by atoms with Gasteiger partial charge in [0.1, 0.15) is 5.69 Å². The van der Waals surface area contributed by atoms with Crippen molar-refractivity contribution in [1.82, 2.24) is 9.88 Å². The Balaban J connectivity index is 1.88. The Bertz CT molecular complexity index is 606. The van der Waals surface area contributed by atoms with Crippen LogP contribution >= 0.6 is 11.3 Å². The Morgan fingerprint density at radius 2 is 2.40 bits per heavy atom. The van der Waals surface area contributed by atoms with Crippen molar-refractivity contribution in [2.45, 2.75) is 19.9 Å². The second kappa shape index (κ2) is 5.38. The van der Waals surface area contributed by atoms with Crippen molar-refractivity contribution in [3.63, 3.8) is 0 Å². The van der Waals surface area contributed by atoms with Gasteiger partial charge in [-0.15, -0.1) is 11.3 Å². The molecule has 0 radical (unpaired) electrons. The summed E-state index contributed by atoms with van der Waals surface area (Å²) < 4.78 is 10.7. The molecule has 1 atom stereocenters. The van der Waals surface area contributed by atoms with Crippen molar-refractivity contribution in [1.29, 1.82) is 0 Å². The minimum absolute atomic E-state index is 0.0210. The van der Waals surface area contributed by atoms with Crippen LogP contribution in [0.3, 0.4) is 0 Å². The van der Waals surface area contributed by atoms with Gasteiger partial charge in [0.05, 0.1) is 25.5 Å². The van der Waals surface area contributed by atoms with Crippen LogP contribution in [0.15, 0.2) is 22.8 Å². The number of carbonyl (C=O) groups excluding carboxylic acids is 1. The molecule has 3 rings (SSSR count). The number of furan rings is 1. The van der Waals surface area contributed by atoms with Crippen LogP contribution in [0.25, 0.3) is 10.8 Å². The maximum absolute atomic E-state index is 12.6. The summed E-state index contributed by atoms with van der Waals surface area (Å²) in [6, 6.07) is 3.76. The maximum Gasteiger partial charge on any atom is 0.274 e. The van der Waals surface area contributed by atoms with Crippen molar-refractivity contribution in [2.24, 2.45) is 0 Å². The lowest BCUT2D eigenvalue weighted by atomic mass is 10.2. The molecular formula is C14H16N2O3S. The number of hydrogen-bond donors (Lipinski definition) is 0. The van der Waals surface area contributed by atoms with Gasteiger partial charge in [0.25, 0.3) is 5.91 Å². The van der Waals surface area contributed by atoms with Gasteiger partial charge in [-0.3, -0.25) is 4.79 Å². The van der Waals surface area contributed by atoms with E-state index in [0.717, 1.165) is 9.88 Å². The molecule has 20 heavy (non-hydrogen) atoms. The number of ether oxygens (including phenoxy) is 1. The minimum atomic E-state index is -0.0210. The minimum Gasteiger partial charge on any atom is -0.462 e. The monoisotopic (exact) mass is 292 g/mol. The average Bonchev–Trinajstić information content (AvgIpc) is 3.07. The zero-order chi connectivity index (χ0) is 14.1. The van der Waals surface area contributed by atoms with Gasteiger partial charge in [-0.1, -0.05) is 0 Å². The summed E-state index contributed by atoms with van der Waals surface area (Å²) in [5.74, 6) is 0.680. The number of amides is 1. The van der Waals surface area contributed by atoms with E-state index in [2.05, 4.69) is 4.98 Å². The van der Waals surface area contributed by atoms with Crippen LogP contribution in [-0.4, -0.2) is 41.6 Å². The van der Waals surface area contributed by atoms with E-state index in [0.29, 0.717) is 31.2 Å². The first kappa shape index (κ1) is 13.3. The van der Waals surface area contributed by atoms with Gasteiger partial charge < -0.3 is 14.1 Å². The summed E-state index contributed by atoms with van der Waals surface area (Å²) in [7, 11) is 0. The second-order valence-electron chi connectivity index (χ2n) is 4.82. The summed E-state index contributed by atoms with van der Waals surface area (Å²) >= 11 is 1.48.